The topological polar surface area (TPSA) is 46.5 Å². The van der Waals surface area contributed by atoms with E-state index in [0.717, 1.165) is 5.56 Å². The molecule has 3 nitrogen and oxygen atoms in total. The van der Waals surface area contributed by atoms with E-state index in [-0.39, 0.29) is 0 Å². The van der Waals surface area contributed by atoms with Crippen molar-refractivity contribution in [3.05, 3.63) is 36.4 Å². The number of rotatable bonds is 4. The number of ether oxygens (including phenoxy) is 1. The molecule has 0 aromatic heterocycles. The van der Waals surface area contributed by atoms with E-state index in [1.54, 1.807) is 18.2 Å². The molecule has 0 saturated carbocycles. The predicted octanol–water partition coefficient (Wildman–Crippen LogP) is 2.57. The van der Waals surface area contributed by atoms with Crippen molar-refractivity contribution in [3.8, 4) is 5.75 Å². The molecule has 0 aliphatic carbocycles. The first-order valence-electron chi connectivity index (χ1n) is 4.60. The maximum atomic E-state index is 10.8. The number of hydrogen-bond acceptors (Lipinski definition) is 2. The fraction of sp³-hybridized carbons (Fsp3) is 0.250. The van der Waals surface area contributed by atoms with Crippen molar-refractivity contribution in [2.75, 3.05) is 0 Å². The van der Waals surface area contributed by atoms with Gasteiger partial charge < -0.3 is 9.84 Å². The molecule has 0 spiro atoms. The van der Waals surface area contributed by atoms with Crippen molar-refractivity contribution in [3.63, 3.8) is 0 Å². The van der Waals surface area contributed by atoms with Crippen LogP contribution in [0.4, 0.5) is 0 Å². The standard InChI is InChI=1S/C12H14O3/c1-4-9-5-7-10(8-6-9)15-12(2,3)11(13)14/h4-8H,1H2,2-3H3,(H,13,14)/i1+1. The predicted molar refractivity (Wildman–Crippen MR) is 58.9 cm³/mol. The number of carboxylic acids is 1. The minimum Gasteiger partial charge on any atom is -0.478 e. The molecule has 3 heteroatoms. The molecule has 0 atom stereocenters. The molecule has 1 aromatic carbocycles. The van der Waals surface area contributed by atoms with Gasteiger partial charge in [0.15, 0.2) is 5.60 Å². The van der Waals surface area contributed by atoms with Crippen LogP contribution in [0.25, 0.3) is 6.08 Å². The van der Waals surface area contributed by atoms with Gasteiger partial charge in [0.05, 0.1) is 0 Å². The van der Waals surface area contributed by atoms with Crippen LogP contribution in [0, 0.1) is 0 Å². The molecular formula is C12H14O3. The van der Waals surface area contributed by atoms with Crippen LogP contribution in [-0.4, -0.2) is 16.7 Å². The summed E-state index contributed by atoms with van der Waals surface area (Å²) in [6, 6.07) is 7.09. The van der Waals surface area contributed by atoms with Gasteiger partial charge in [-0.2, -0.15) is 0 Å². The van der Waals surface area contributed by atoms with E-state index in [1.165, 1.54) is 13.8 Å². The molecule has 0 bridgehead atoms. The summed E-state index contributed by atoms with van der Waals surface area (Å²) in [5.41, 5.74) is -0.245. The summed E-state index contributed by atoms with van der Waals surface area (Å²) in [6.45, 7) is 6.65. The highest BCUT2D eigenvalue weighted by atomic mass is 16.5. The smallest absolute Gasteiger partial charge is 0.347 e. The lowest BCUT2D eigenvalue weighted by atomic mass is 10.1. The van der Waals surface area contributed by atoms with Gasteiger partial charge in [0.2, 0.25) is 0 Å². The SMILES string of the molecule is CC(C)(Oc1ccc(C=[13CH2])cc1)C(=O)O. The van der Waals surface area contributed by atoms with Crippen LogP contribution in [0.3, 0.4) is 0 Å². The van der Waals surface area contributed by atoms with Gasteiger partial charge in [-0.25, -0.2) is 4.79 Å². The number of hydrogen-bond donors (Lipinski definition) is 1. The highest BCUT2D eigenvalue weighted by molar-refractivity contribution is 5.76. The first-order valence-corrected chi connectivity index (χ1v) is 4.60. The second kappa shape index (κ2) is 4.17. The quantitative estimate of drug-likeness (QED) is 0.772. The van der Waals surface area contributed by atoms with Gasteiger partial charge in [-0.15, -0.1) is 0 Å². The Hall–Kier alpha value is -1.77. The third-order valence-corrected chi connectivity index (χ3v) is 2.00. The molecule has 1 rings (SSSR count). The molecule has 15 heavy (non-hydrogen) atoms. The molecule has 0 saturated heterocycles. The van der Waals surface area contributed by atoms with Crippen LogP contribution in [-0.2, 0) is 4.79 Å². The molecular weight excluding hydrogens is 193 g/mol. The summed E-state index contributed by atoms with van der Waals surface area (Å²) in [5.74, 6) is -0.455. The van der Waals surface area contributed by atoms with E-state index in [0.29, 0.717) is 5.75 Å². The third kappa shape index (κ3) is 2.84. The molecule has 0 radical (unpaired) electrons. The molecule has 0 heterocycles. The Labute approximate surface area is 89.0 Å². The summed E-state index contributed by atoms with van der Waals surface area (Å²) >= 11 is 0. The van der Waals surface area contributed by atoms with Crippen LogP contribution in [0.1, 0.15) is 19.4 Å². The average Bonchev–Trinajstić information content (AvgIpc) is 2.18. The number of benzene rings is 1. The number of carbonyl (C=O) groups is 1. The molecule has 0 aliphatic rings. The lowest BCUT2D eigenvalue weighted by Crippen LogP contribution is -2.37. The zero-order chi connectivity index (χ0) is 11.5. The van der Waals surface area contributed by atoms with Crippen LogP contribution >= 0.6 is 0 Å². The van der Waals surface area contributed by atoms with Crippen molar-refractivity contribution >= 4 is 12.0 Å². The fourth-order valence-corrected chi connectivity index (χ4v) is 1.01. The minimum absolute atomic E-state index is 0.535. The summed E-state index contributed by atoms with van der Waals surface area (Å²) in [5, 5.41) is 8.86. The Bertz CT molecular complexity index is 363. The molecule has 1 aromatic rings. The van der Waals surface area contributed by atoms with E-state index in [4.69, 9.17) is 9.84 Å². The van der Waals surface area contributed by atoms with Gasteiger partial charge >= 0.3 is 5.97 Å². The summed E-state index contributed by atoms with van der Waals surface area (Å²) < 4.78 is 5.33. The second-order valence-electron chi connectivity index (χ2n) is 3.69. The number of carboxylic acid groups (broad SMARTS) is 1. The lowest BCUT2D eigenvalue weighted by molar-refractivity contribution is -0.152. The fourth-order valence-electron chi connectivity index (χ4n) is 1.01. The summed E-state index contributed by atoms with van der Waals surface area (Å²) in [7, 11) is 0. The molecule has 1 N–H and O–H groups in total. The highest BCUT2D eigenvalue weighted by Crippen LogP contribution is 2.19. The Morgan fingerprint density at radius 1 is 1.40 bits per heavy atom. The maximum absolute atomic E-state index is 10.8. The third-order valence-electron chi connectivity index (χ3n) is 2.00. The molecule has 80 valence electrons. The van der Waals surface area contributed by atoms with Crippen molar-refractivity contribution in [2.45, 2.75) is 19.4 Å². The number of aliphatic carboxylic acids is 1. The second-order valence-corrected chi connectivity index (χ2v) is 3.69. The van der Waals surface area contributed by atoms with Gasteiger partial charge in [0.1, 0.15) is 5.75 Å². The van der Waals surface area contributed by atoms with Crippen molar-refractivity contribution in [1.82, 2.24) is 0 Å². The van der Waals surface area contributed by atoms with Crippen molar-refractivity contribution < 1.29 is 14.6 Å². The summed E-state index contributed by atoms with van der Waals surface area (Å²) in [4.78, 5) is 10.8. The Balaban J connectivity index is 2.81. The average molecular weight is 207 g/mol. The Morgan fingerprint density at radius 3 is 2.33 bits per heavy atom. The lowest BCUT2D eigenvalue weighted by Gasteiger charge is -2.21. The Morgan fingerprint density at radius 2 is 1.93 bits per heavy atom. The van der Waals surface area contributed by atoms with Gasteiger partial charge in [0, 0.05) is 0 Å². The zero-order valence-corrected chi connectivity index (χ0v) is 8.86. The van der Waals surface area contributed by atoms with Crippen LogP contribution in [0.15, 0.2) is 30.8 Å². The van der Waals surface area contributed by atoms with E-state index >= 15 is 0 Å². The van der Waals surface area contributed by atoms with E-state index < -0.39 is 11.6 Å². The van der Waals surface area contributed by atoms with Crippen LogP contribution in [0.2, 0.25) is 0 Å². The van der Waals surface area contributed by atoms with E-state index in [9.17, 15) is 4.79 Å². The van der Waals surface area contributed by atoms with Crippen LogP contribution < -0.4 is 4.74 Å². The first kappa shape index (κ1) is 11.3. The molecule has 0 aliphatic heterocycles. The monoisotopic (exact) mass is 207 g/mol. The summed E-state index contributed by atoms with van der Waals surface area (Å²) in [6.07, 6.45) is 1.71. The van der Waals surface area contributed by atoms with Crippen molar-refractivity contribution in [1.29, 1.82) is 0 Å². The first-order chi connectivity index (χ1) is 6.95. The molecule has 0 unspecified atom stereocenters. The molecule has 0 fully saturated rings. The van der Waals surface area contributed by atoms with E-state index in [2.05, 4.69) is 6.58 Å². The maximum Gasteiger partial charge on any atom is 0.347 e. The molecule has 0 amide bonds. The Kier molecular flexibility index (Phi) is 3.14. The van der Waals surface area contributed by atoms with Gasteiger partial charge in [-0.1, -0.05) is 24.8 Å². The largest absolute Gasteiger partial charge is 0.478 e. The van der Waals surface area contributed by atoms with Crippen LogP contribution in [0.5, 0.6) is 5.75 Å². The normalized spacial score (nSPS) is 10.8. The van der Waals surface area contributed by atoms with Gasteiger partial charge in [0.25, 0.3) is 0 Å². The highest BCUT2D eigenvalue weighted by Gasteiger charge is 2.29. The van der Waals surface area contributed by atoms with E-state index in [1.807, 2.05) is 12.1 Å². The zero-order valence-electron chi connectivity index (χ0n) is 8.86. The van der Waals surface area contributed by atoms with Gasteiger partial charge in [-0.3, -0.25) is 0 Å². The van der Waals surface area contributed by atoms with Gasteiger partial charge in [-0.05, 0) is 31.5 Å². The van der Waals surface area contributed by atoms with Crippen molar-refractivity contribution in [2.24, 2.45) is 0 Å². The minimum atomic E-state index is -1.21.